The normalized spacial score (nSPS) is 9.69. The van der Waals surface area contributed by atoms with Crippen LogP contribution < -0.4 is 5.32 Å². The number of nitrogens with one attached hydrogen (secondary N) is 1. The number of amides is 1. The summed E-state index contributed by atoms with van der Waals surface area (Å²) in [6.07, 6.45) is 2.56. The van der Waals surface area contributed by atoms with Crippen molar-refractivity contribution in [1.82, 2.24) is 15.3 Å². The summed E-state index contributed by atoms with van der Waals surface area (Å²) in [6.45, 7) is 0.0932. The third-order valence-corrected chi connectivity index (χ3v) is 1.45. The van der Waals surface area contributed by atoms with Crippen molar-refractivity contribution in [2.45, 2.75) is 0 Å². The Labute approximate surface area is 79.8 Å². The molecule has 0 radical (unpaired) electrons. The molecule has 0 unspecified atom stereocenters. The quantitative estimate of drug-likeness (QED) is 0.714. The van der Waals surface area contributed by atoms with Crippen molar-refractivity contribution in [3.05, 3.63) is 23.2 Å². The number of carbonyl (C=O) groups excluding carboxylic acids is 1. The van der Waals surface area contributed by atoms with Crippen LogP contribution in [0.25, 0.3) is 0 Å². The van der Waals surface area contributed by atoms with E-state index in [1.54, 1.807) is 0 Å². The summed E-state index contributed by atoms with van der Waals surface area (Å²) in [5.74, 6) is -0.377. The third-order valence-electron chi connectivity index (χ3n) is 1.25. The summed E-state index contributed by atoms with van der Waals surface area (Å²) in [6, 6.07) is 0. The van der Waals surface area contributed by atoms with E-state index in [2.05, 4.69) is 15.3 Å². The highest BCUT2D eigenvalue weighted by Gasteiger charge is 2.05. The van der Waals surface area contributed by atoms with Crippen molar-refractivity contribution in [2.24, 2.45) is 0 Å². The summed E-state index contributed by atoms with van der Waals surface area (Å²) in [7, 11) is 0. The van der Waals surface area contributed by atoms with Crippen LogP contribution in [0.4, 0.5) is 0 Å². The van der Waals surface area contributed by atoms with Gasteiger partial charge in [0.2, 0.25) is 0 Å². The van der Waals surface area contributed by atoms with E-state index in [4.69, 9.17) is 16.7 Å². The molecule has 0 aromatic carbocycles. The van der Waals surface area contributed by atoms with E-state index in [1.807, 2.05) is 0 Å². The molecular weight excluding hydrogens is 194 g/mol. The minimum absolute atomic E-state index is 0.104. The van der Waals surface area contributed by atoms with Crippen LogP contribution in [0.15, 0.2) is 12.4 Å². The number of aliphatic hydroxyl groups excluding tert-OH is 1. The minimum Gasteiger partial charge on any atom is -0.395 e. The lowest BCUT2D eigenvalue weighted by Gasteiger charge is -2.00. The Hall–Kier alpha value is -1.20. The highest BCUT2D eigenvalue weighted by atomic mass is 35.5. The number of aliphatic hydroxyl groups is 1. The molecule has 1 heterocycles. The van der Waals surface area contributed by atoms with Crippen molar-refractivity contribution in [2.75, 3.05) is 13.2 Å². The molecule has 0 aliphatic carbocycles. The fourth-order valence-electron chi connectivity index (χ4n) is 0.690. The number of halogens is 1. The number of aromatic nitrogens is 2. The van der Waals surface area contributed by atoms with E-state index in [1.165, 1.54) is 12.4 Å². The fourth-order valence-corrected chi connectivity index (χ4v) is 0.787. The zero-order valence-electron chi connectivity index (χ0n) is 6.70. The topological polar surface area (TPSA) is 75.1 Å². The molecular formula is C7H8ClN3O2. The second-order valence-corrected chi connectivity index (χ2v) is 2.59. The van der Waals surface area contributed by atoms with Crippen LogP contribution in [0.3, 0.4) is 0 Å². The predicted octanol–water partition coefficient (Wildman–Crippen LogP) is -0.148. The maximum atomic E-state index is 11.1. The lowest BCUT2D eigenvalue weighted by molar-refractivity contribution is 0.0939. The first kappa shape index (κ1) is 9.88. The van der Waals surface area contributed by atoms with Crippen LogP contribution in [0.2, 0.25) is 5.15 Å². The molecule has 1 amide bonds. The summed E-state index contributed by atoms with van der Waals surface area (Å²) < 4.78 is 0. The van der Waals surface area contributed by atoms with Gasteiger partial charge in [0.05, 0.1) is 19.0 Å². The van der Waals surface area contributed by atoms with E-state index in [9.17, 15) is 4.79 Å². The summed E-state index contributed by atoms with van der Waals surface area (Å²) in [5, 5.41) is 11.1. The first-order valence-electron chi connectivity index (χ1n) is 3.60. The van der Waals surface area contributed by atoms with E-state index < -0.39 is 0 Å². The van der Waals surface area contributed by atoms with Crippen LogP contribution in [0.1, 0.15) is 10.5 Å². The standard InChI is InChI=1S/C7H8ClN3O2/c8-6-4-10-5(3-11-6)7(13)9-1-2-12/h3-4,12H,1-2H2,(H,9,13). The Kier molecular flexibility index (Phi) is 3.60. The molecule has 2 N–H and O–H groups in total. The molecule has 0 aliphatic heterocycles. The molecule has 6 heteroatoms. The highest BCUT2D eigenvalue weighted by molar-refractivity contribution is 6.29. The van der Waals surface area contributed by atoms with Crippen LogP contribution in [0, 0.1) is 0 Å². The fraction of sp³-hybridized carbons (Fsp3) is 0.286. The van der Waals surface area contributed by atoms with Gasteiger partial charge in [-0.25, -0.2) is 9.97 Å². The molecule has 0 saturated heterocycles. The Morgan fingerprint density at radius 3 is 2.85 bits per heavy atom. The molecule has 0 fully saturated rings. The van der Waals surface area contributed by atoms with E-state index in [0.29, 0.717) is 0 Å². The second-order valence-electron chi connectivity index (χ2n) is 2.20. The number of nitrogens with zero attached hydrogens (tertiary/aromatic N) is 2. The predicted molar refractivity (Wildman–Crippen MR) is 46.5 cm³/mol. The molecule has 1 aromatic heterocycles. The van der Waals surface area contributed by atoms with Gasteiger partial charge in [0.1, 0.15) is 10.8 Å². The highest BCUT2D eigenvalue weighted by Crippen LogP contribution is 2.00. The average molecular weight is 202 g/mol. The van der Waals surface area contributed by atoms with Gasteiger partial charge in [-0.15, -0.1) is 0 Å². The van der Waals surface area contributed by atoms with Gasteiger partial charge in [0, 0.05) is 6.54 Å². The molecule has 1 rings (SSSR count). The molecule has 5 nitrogen and oxygen atoms in total. The average Bonchev–Trinajstić information content (AvgIpc) is 2.15. The van der Waals surface area contributed by atoms with Gasteiger partial charge in [-0.05, 0) is 0 Å². The number of carbonyl (C=O) groups is 1. The van der Waals surface area contributed by atoms with Crippen LogP contribution in [-0.2, 0) is 0 Å². The van der Waals surface area contributed by atoms with Gasteiger partial charge in [0.15, 0.2) is 0 Å². The van der Waals surface area contributed by atoms with Crippen molar-refractivity contribution < 1.29 is 9.90 Å². The summed E-state index contributed by atoms with van der Waals surface area (Å²) in [5.41, 5.74) is 0.179. The first-order valence-corrected chi connectivity index (χ1v) is 3.98. The Bertz CT molecular complexity index is 288. The third kappa shape index (κ3) is 2.96. The Morgan fingerprint density at radius 2 is 2.31 bits per heavy atom. The van der Waals surface area contributed by atoms with Crippen molar-refractivity contribution >= 4 is 17.5 Å². The van der Waals surface area contributed by atoms with E-state index in [0.717, 1.165) is 0 Å². The second kappa shape index (κ2) is 4.74. The van der Waals surface area contributed by atoms with Gasteiger partial charge in [0.25, 0.3) is 5.91 Å². The molecule has 13 heavy (non-hydrogen) atoms. The first-order chi connectivity index (χ1) is 6.24. The van der Waals surface area contributed by atoms with Crippen molar-refractivity contribution in [1.29, 1.82) is 0 Å². The Morgan fingerprint density at radius 1 is 1.54 bits per heavy atom. The van der Waals surface area contributed by atoms with E-state index in [-0.39, 0.29) is 29.9 Å². The van der Waals surface area contributed by atoms with Gasteiger partial charge in [-0.1, -0.05) is 11.6 Å². The molecule has 0 atom stereocenters. The molecule has 0 spiro atoms. The maximum absolute atomic E-state index is 11.1. The Balaban J connectivity index is 2.61. The molecule has 0 aliphatic rings. The number of hydrogen-bond donors (Lipinski definition) is 2. The van der Waals surface area contributed by atoms with Crippen molar-refractivity contribution in [3.63, 3.8) is 0 Å². The summed E-state index contributed by atoms with van der Waals surface area (Å²) in [4.78, 5) is 18.6. The SMILES string of the molecule is O=C(NCCO)c1cnc(Cl)cn1. The lowest BCUT2D eigenvalue weighted by Crippen LogP contribution is -2.27. The zero-order chi connectivity index (χ0) is 9.68. The monoisotopic (exact) mass is 201 g/mol. The largest absolute Gasteiger partial charge is 0.395 e. The van der Waals surface area contributed by atoms with Crippen LogP contribution in [0.5, 0.6) is 0 Å². The zero-order valence-corrected chi connectivity index (χ0v) is 7.45. The molecule has 0 bridgehead atoms. The molecule has 0 saturated carbocycles. The maximum Gasteiger partial charge on any atom is 0.271 e. The van der Waals surface area contributed by atoms with Gasteiger partial charge in [-0.2, -0.15) is 0 Å². The van der Waals surface area contributed by atoms with Crippen LogP contribution >= 0.6 is 11.6 Å². The number of rotatable bonds is 3. The summed E-state index contributed by atoms with van der Waals surface area (Å²) >= 11 is 5.48. The number of hydrogen-bond acceptors (Lipinski definition) is 4. The van der Waals surface area contributed by atoms with Gasteiger partial charge < -0.3 is 10.4 Å². The van der Waals surface area contributed by atoms with E-state index >= 15 is 0 Å². The molecule has 70 valence electrons. The molecule has 1 aromatic rings. The minimum atomic E-state index is -0.377. The van der Waals surface area contributed by atoms with Gasteiger partial charge >= 0.3 is 0 Å². The smallest absolute Gasteiger partial charge is 0.271 e. The van der Waals surface area contributed by atoms with Gasteiger partial charge in [-0.3, -0.25) is 4.79 Å². The van der Waals surface area contributed by atoms with Crippen molar-refractivity contribution in [3.8, 4) is 0 Å². The lowest BCUT2D eigenvalue weighted by atomic mass is 10.4. The van der Waals surface area contributed by atoms with Crippen LogP contribution in [-0.4, -0.2) is 34.1 Å².